The van der Waals surface area contributed by atoms with Gasteiger partial charge in [-0.05, 0) is 32.0 Å². The van der Waals surface area contributed by atoms with Crippen LogP contribution < -0.4 is 15.5 Å². The number of amides is 2. The fourth-order valence-corrected chi connectivity index (χ4v) is 3.75. The zero-order valence-corrected chi connectivity index (χ0v) is 19.1. The average molecular weight is 480 g/mol. The lowest BCUT2D eigenvalue weighted by atomic mass is 10.1. The van der Waals surface area contributed by atoms with Crippen molar-refractivity contribution in [1.82, 2.24) is 9.80 Å². The minimum atomic E-state index is -4.54. The molecule has 3 rings (SSSR count). The number of rotatable bonds is 3. The Hall–Kier alpha value is -3.54. The van der Waals surface area contributed by atoms with E-state index in [9.17, 15) is 27.9 Å². The van der Waals surface area contributed by atoms with E-state index in [4.69, 9.17) is 0 Å². The van der Waals surface area contributed by atoms with Crippen molar-refractivity contribution in [2.24, 2.45) is 4.99 Å². The predicted octanol–water partition coefficient (Wildman–Crippen LogP) is 2.35. The van der Waals surface area contributed by atoms with Crippen molar-refractivity contribution >= 4 is 34.7 Å². The lowest BCUT2D eigenvalue weighted by Gasteiger charge is -2.40. The molecule has 0 bridgehead atoms. The van der Waals surface area contributed by atoms with Crippen LogP contribution in [0.3, 0.4) is 0 Å². The number of nitrogens with zero attached hydrogens (tertiary/aromatic N) is 4. The first-order chi connectivity index (χ1) is 15.9. The summed E-state index contributed by atoms with van der Waals surface area (Å²) in [5, 5.41) is 15.3. The van der Waals surface area contributed by atoms with E-state index in [1.54, 1.807) is 48.9 Å². The van der Waals surface area contributed by atoms with E-state index in [2.05, 4.69) is 22.2 Å². The van der Waals surface area contributed by atoms with Gasteiger partial charge in [0.1, 0.15) is 5.84 Å². The molecule has 2 aliphatic rings. The van der Waals surface area contributed by atoms with Gasteiger partial charge in [0.15, 0.2) is 0 Å². The summed E-state index contributed by atoms with van der Waals surface area (Å²) in [4.78, 5) is 34.0. The van der Waals surface area contributed by atoms with Crippen LogP contribution in [0.25, 0.3) is 0 Å². The van der Waals surface area contributed by atoms with Crippen molar-refractivity contribution in [2.45, 2.75) is 32.4 Å². The number of anilines is 3. The average Bonchev–Trinajstić information content (AvgIpc) is 3.05. The number of alkyl halides is 3. The van der Waals surface area contributed by atoms with Crippen LogP contribution in [0.4, 0.5) is 30.2 Å². The second-order valence-corrected chi connectivity index (χ2v) is 8.07. The van der Waals surface area contributed by atoms with Gasteiger partial charge >= 0.3 is 18.0 Å². The lowest BCUT2D eigenvalue weighted by Crippen LogP contribution is -2.57. The largest absolute Gasteiger partial charge is 0.417 e. The molecule has 2 aliphatic heterocycles. The Labute approximate surface area is 195 Å². The maximum absolute atomic E-state index is 12.8. The van der Waals surface area contributed by atoms with E-state index < -0.39 is 29.9 Å². The molecule has 184 valence electrons. The molecule has 0 aromatic heterocycles. The smallest absolute Gasteiger partial charge is 0.356 e. The molecule has 9 nitrogen and oxygen atoms in total. The van der Waals surface area contributed by atoms with Gasteiger partial charge in [-0.3, -0.25) is 9.59 Å². The first-order valence-corrected chi connectivity index (χ1v) is 10.5. The zero-order chi connectivity index (χ0) is 25.2. The number of hydrogen-bond acceptors (Lipinski definition) is 6. The Bertz CT molecular complexity index is 1040. The van der Waals surface area contributed by atoms with Gasteiger partial charge in [-0.15, -0.1) is 0 Å². The molecule has 0 aliphatic carbocycles. The maximum Gasteiger partial charge on any atom is 0.417 e. The Morgan fingerprint density at radius 1 is 1.32 bits per heavy atom. The van der Waals surface area contributed by atoms with E-state index in [1.807, 2.05) is 0 Å². The molecule has 1 aromatic carbocycles. The summed E-state index contributed by atoms with van der Waals surface area (Å²) in [5.41, 5.74) is 0.831. The molecular formula is C22H27F3N6O3. The first-order valence-electron chi connectivity index (χ1n) is 10.5. The van der Waals surface area contributed by atoms with Crippen LogP contribution in [-0.2, 0) is 9.59 Å². The molecule has 0 saturated carbocycles. The number of aliphatic hydroxyl groups excluding tert-OH is 1. The fourth-order valence-electron chi connectivity index (χ4n) is 3.75. The summed E-state index contributed by atoms with van der Waals surface area (Å²) < 4.78 is 38.5. The number of aliphatic imine (C=N–C) groups is 1. The highest BCUT2D eigenvalue weighted by Crippen LogP contribution is 2.34. The summed E-state index contributed by atoms with van der Waals surface area (Å²) in [7, 11) is 1.68. The second-order valence-electron chi connectivity index (χ2n) is 8.07. The Kier molecular flexibility index (Phi) is 7.20. The van der Waals surface area contributed by atoms with E-state index in [0.29, 0.717) is 42.1 Å². The summed E-state index contributed by atoms with van der Waals surface area (Å²) in [5.74, 6) is -1.15. The van der Waals surface area contributed by atoms with Gasteiger partial charge in [0.25, 0.3) is 0 Å². The number of aliphatic hydroxyl groups is 1. The minimum Gasteiger partial charge on any atom is -0.356 e. The number of carbonyl (C=O) groups excluding carboxylic acids is 2. The fraction of sp³-hybridized carbons (Fsp3) is 0.409. The molecular weight excluding hydrogens is 453 g/mol. The number of benzene rings is 1. The highest BCUT2D eigenvalue weighted by Gasteiger charge is 2.33. The van der Waals surface area contributed by atoms with Crippen molar-refractivity contribution < 1.29 is 27.9 Å². The number of halogens is 3. The molecule has 1 fully saturated rings. The minimum absolute atomic E-state index is 0.209. The lowest BCUT2D eigenvalue weighted by molar-refractivity contribution is -0.145. The molecule has 2 atom stereocenters. The van der Waals surface area contributed by atoms with Crippen molar-refractivity contribution in [2.75, 3.05) is 42.2 Å². The van der Waals surface area contributed by atoms with E-state index in [0.717, 1.165) is 6.20 Å². The number of amidine groups is 1. The topological polar surface area (TPSA) is 101 Å². The van der Waals surface area contributed by atoms with Crippen LogP contribution in [0.15, 0.2) is 47.6 Å². The molecule has 1 aromatic rings. The summed E-state index contributed by atoms with van der Waals surface area (Å²) >= 11 is 0. The second kappa shape index (κ2) is 9.75. The summed E-state index contributed by atoms with van der Waals surface area (Å²) in [6.45, 7) is 7.33. The van der Waals surface area contributed by atoms with E-state index >= 15 is 0 Å². The van der Waals surface area contributed by atoms with Gasteiger partial charge in [-0.1, -0.05) is 12.7 Å². The van der Waals surface area contributed by atoms with Gasteiger partial charge in [0, 0.05) is 44.6 Å². The monoisotopic (exact) mass is 480 g/mol. The molecule has 1 saturated heterocycles. The number of carbonyl (C=O) groups is 2. The van der Waals surface area contributed by atoms with Gasteiger partial charge in [0.05, 0.1) is 16.9 Å². The molecule has 12 heteroatoms. The van der Waals surface area contributed by atoms with Gasteiger partial charge < -0.3 is 30.4 Å². The highest BCUT2D eigenvalue weighted by atomic mass is 19.4. The van der Waals surface area contributed by atoms with E-state index in [1.165, 1.54) is 4.90 Å². The van der Waals surface area contributed by atoms with Gasteiger partial charge in [-0.2, -0.15) is 13.2 Å². The van der Waals surface area contributed by atoms with E-state index in [-0.39, 0.29) is 12.6 Å². The van der Waals surface area contributed by atoms with Crippen LogP contribution in [-0.4, -0.2) is 77.8 Å². The van der Waals surface area contributed by atoms with Crippen molar-refractivity contribution in [3.8, 4) is 0 Å². The third-order valence-electron chi connectivity index (χ3n) is 5.76. The molecule has 2 heterocycles. The standard InChI is InChI=1S/C22H27F3N6O3/c1-5-15(22(23,24)25)11-26-14(3)30-8-9-31(13(2)12-30)20(33)19(32)27-16-6-7-17-18(10-16)29(4)21(34)28-17/h5-7,10-11,13,21,28,34H,1,8-9,12H2,2-4H3,(H,27,32)/b15-11+,26-14?/t13-,21?/m1/s1. The quantitative estimate of drug-likeness (QED) is 0.266. The van der Waals surface area contributed by atoms with Gasteiger partial charge in [0.2, 0.25) is 6.35 Å². The Balaban J connectivity index is 1.62. The number of nitrogens with one attached hydrogen (secondary N) is 2. The van der Waals surface area contributed by atoms with Crippen LogP contribution in [0, 0.1) is 0 Å². The first kappa shape index (κ1) is 25.1. The molecule has 0 spiro atoms. The maximum atomic E-state index is 12.8. The Morgan fingerprint density at radius 2 is 2.03 bits per heavy atom. The molecule has 0 radical (unpaired) electrons. The molecule has 34 heavy (non-hydrogen) atoms. The van der Waals surface area contributed by atoms with Crippen molar-refractivity contribution in [1.29, 1.82) is 0 Å². The highest BCUT2D eigenvalue weighted by molar-refractivity contribution is 6.39. The number of fused-ring (bicyclic) bond motifs is 1. The van der Waals surface area contributed by atoms with Crippen LogP contribution in [0.1, 0.15) is 13.8 Å². The van der Waals surface area contributed by atoms with Gasteiger partial charge in [-0.25, -0.2) is 4.99 Å². The zero-order valence-electron chi connectivity index (χ0n) is 19.1. The molecule has 2 amide bonds. The normalized spacial score (nSPS) is 21.2. The molecule has 3 N–H and O–H groups in total. The predicted molar refractivity (Wildman–Crippen MR) is 123 cm³/mol. The Morgan fingerprint density at radius 3 is 2.65 bits per heavy atom. The third-order valence-corrected chi connectivity index (χ3v) is 5.76. The van der Waals surface area contributed by atoms with Crippen LogP contribution >= 0.6 is 0 Å². The molecule has 1 unspecified atom stereocenters. The number of piperazine rings is 1. The number of hydrogen-bond donors (Lipinski definition) is 3. The van der Waals surface area contributed by atoms with Crippen LogP contribution in [0.2, 0.25) is 0 Å². The van der Waals surface area contributed by atoms with Crippen molar-refractivity contribution in [3.05, 3.63) is 42.6 Å². The summed E-state index contributed by atoms with van der Waals surface area (Å²) in [6, 6.07) is 4.59. The third kappa shape index (κ3) is 5.33. The number of allylic oxidation sites excluding steroid dienone is 2. The van der Waals surface area contributed by atoms with Crippen LogP contribution in [0.5, 0.6) is 0 Å². The van der Waals surface area contributed by atoms with Crippen molar-refractivity contribution in [3.63, 3.8) is 0 Å². The SMILES string of the molecule is C=C/C(=C\N=C(C)N1CCN(C(=O)C(=O)Nc2ccc3c(c2)N(C)C(O)N3)[C@H](C)C1)C(F)(F)F. The summed E-state index contributed by atoms with van der Waals surface area (Å²) in [6.07, 6.45) is -3.99.